The van der Waals surface area contributed by atoms with Crippen LogP contribution in [0.15, 0.2) is 150 Å². The van der Waals surface area contributed by atoms with Crippen LogP contribution in [0, 0.1) is 0 Å². The Morgan fingerprint density at radius 3 is 1.25 bits per heavy atom. The van der Waals surface area contributed by atoms with E-state index < -0.39 is 34.7 Å². The maximum absolute atomic E-state index is 12.1. The third kappa shape index (κ3) is 10.1. The Labute approximate surface area is 336 Å². The first-order valence-corrected chi connectivity index (χ1v) is 16.5. The molecule has 2 heterocycles. The number of azo groups is 2. The summed E-state index contributed by atoms with van der Waals surface area (Å²) in [6.07, 6.45) is 0. The number of aromatic nitrogens is 2. The predicted octanol–water partition coefficient (Wildman–Crippen LogP) is 10.6. The minimum Gasteiger partial charge on any atom is -0.662 e. The van der Waals surface area contributed by atoms with Gasteiger partial charge in [-0.15, -0.1) is 20.5 Å². The number of aliphatic hydroxyl groups excluding tert-OH is 2. The van der Waals surface area contributed by atoms with Gasteiger partial charge in [-0.05, 0) is 60.4 Å². The fraction of sp³-hybridized carbons (Fsp3) is 0.0526. The summed E-state index contributed by atoms with van der Waals surface area (Å²) in [6, 6.07) is 28.1. The second kappa shape index (κ2) is 18.2. The van der Waals surface area contributed by atoms with Crippen LogP contribution >= 0.6 is 23.2 Å². The van der Waals surface area contributed by atoms with Crippen LogP contribution < -0.4 is 11.1 Å². The molecule has 2 amide bonds. The van der Waals surface area contributed by atoms with Gasteiger partial charge in [-0.1, -0.05) is 83.9 Å². The average Bonchev–Trinajstić information content (AvgIpc) is 3.12. The summed E-state index contributed by atoms with van der Waals surface area (Å²) >= 11 is 12.6. The molecule has 0 aliphatic heterocycles. The van der Waals surface area contributed by atoms with Gasteiger partial charge < -0.3 is 41.2 Å². The Morgan fingerprint density at radius 1 is 0.600 bits per heavy atom. The smallest absolute Gasteiger partial charge is 0.662 e. The zero-order valence-corrected chi connectivity index (χ0v) is 33.2. The van der Waals surface area contributed by atoms with Gasteiger partial charge >= 0.3 is 21.1 Å². The molecule has 0 spiro atoms. The van der Waals surface area contributed by atoms with Crippen LogP contribution in [0.25, 0.3) is 55.5 Å². The van der Waals surface area contributed by atoms with Crippen molar-refractivity contribution in [3.63, 3.8) is 0 Å². The third-order valence-electron chi connectivity index (χ3n) is 7.62. The minimum atomic E-state index is -1.17. The fourth-order valence-corrected chi connectivity index (χ4v) is 5.57. The summed E-state index contributed by atoms with van der Waals surface area (Å²) in [6.45, 7) is 2.46. The molecule has 0 saturated heterocycles. The topological polar surface area (TPSA) is 237 Å². The van der Waals surface area contributed by atoms with Crippen molar-refractivity contribution in [2.45, 2.75) is 13.8 Å². The number of aliphatic hydroxyl groups is 2. The maximum Gasteiger partial charge on any atom is 2.00 e. The van der Waals surface area contributed by atoms with Crippen molar-refractivity contribution < 1.29 is 40.9 Å². The van der Waals surface area contributed by atoms with Gasteiger partial charge in [-0.2, -0.15) is 0 Å². The van der Waals surface area contributed by atoms with Crippen molar-refractivity contribution in [2.75, 3.05) is 0 Å². The summed E-state index contributed by atoms with van der Waals surface area (Å²) in [5, 5.41) is 35.6. The second-order valence-electron chi connectivity index (χ2n) is 11.5. The summed E-state index contributed by atoms with van der Waals surface area (Å²) in [5.41, 5.74) is 17.1. The Hall–Kier alpha value is -6.21. The first-order valence-electron chi connectivity index (χ1n) is 15.7. The molecule has 0 fully saturated rings. The molecule has 6 rings (SSSR count). The van der Waals surface area contributed by atoms with Crippen LogP contribution in [0.5, 0.6) is 0 Å². The van der Waals surface area contributed by atoms with E-state index in [1.807, 2.05) is 60.7 Å². The van der Waals surface area contributed by atoms with Crippen molar-refractivity contribution >= 4 is 68.2 Å². The number of rotatable bonds is 8. The van der Waals surface area contributed by atoms with Crippen LogP contribution in [0.4, 0.5) is 11.4 Å². The van der Waals surface area contributed by atoms with Crippen LogP contribution in [-0.2, 0) is 30.7 Å². The number of allylic oxidation sites excluding steroid dienone is 2. The number of hydrogen-bond acceptors (Lipinski definition) is 10. The van der Waals surface area contributed by atoms with Gasteiger partial charge in [0, 0.05) is 22.9 Å². The molecule has 0 aliphatic carbocycles. The molecule has 6 N–H and O–H groups in total. The quantitative estimate of drug-likeness (QED) is 0.0657. The molecule has 4 aromatic carbocycles. The van der Waals surface area contributed by atoms with Gasteiger partial charge in [-0.3, -0.25) is 9.59 Å². The number of carbonyl (C=O) groups excluding carboxylic acids is 2. The molecule has 6 aromatic rings. The number of hydrogen-bond donors (Lipinski definition) is 4. The summed E-state index contributed by atoms with van der Waals surface area (Å²) in [4.78, 5) is 51.9. The van der Waals surface area contributed by atoms with Gasteiger partial charge in [0.1, 0.15) is 46.1 Å². The van der Waals surface area contributed by atoms with E-state index in [2.05, 4.69) is 30.4 Å². The molecule has 276 valence electrons. The third-order valence-corrected chi connectivity index (χ3v) is 8.23. The molecule has 14 nitrogen and oxygen atoms in total. The fourth-order valence-electron chi connectivity index (χ4n) is 5.17. The molecular formula is C38H28Cl2N8O6W. The molecule has 2 aromatic heterocycles. The van der Waals surface area contributed by atoms with E-state index in [0.29, 0.717) is 22.2 Å². The van der Waals surface area contributed by atoms with Gasteiger partial charge in [0.15, 0.2) is 0 Å². The van der Waals surface area contributed by atoms with Crippen LogP contribution in [0.2, 0.25) is 10.0 Å². The van der Waals surface area contributed by atoms with Gasteiger partial charge in [0.2, 0.25) is 11.1 Å². The first-order chi connectivity index (χ1) is 25.7. The zero-order valence-electron chi connectivity index (χ0n) is 28.7. The summed E-state index contributed by atoms with van der Waals surface area (Å²) in [7, 11) is 0. The standard InChI is InChI=1S/2C19H15ClN4O3.W/c2*1-10(25)18(19(21)27)24-23-16-9-15-13(7-14(16)20)12(8-17(26)22-15)11-5-3-2-4-6-11;/h2*2-9H,1H3,(H4,21,22,23,25,26,27);/q;;+2/p-2. The van der Waals surface area contributed by atoms with E-state index in [1.54, 1.807) is 12.1 Å². The van der Waals surface area contributed by atoms with Gasteiger partial charge in [0.25, 0.3) is 0 Å². The molecule has 0 bridgehead atoms. The molecule has 0 saturated carbocycles. The largest absolute Gasteiger partial charge is 2.00 e. The average molecular weight is 947 g/mol. The van der Waals surface area contributed by atoms with Crippen molar-refractivity contribution in [1.82, 2.24) is 9.97 Å². The van der Waals surface area contributed by atoms with Crippen molar-refractivity contribution in [3.05, 3.63) is 162 Å². The molecule has 0 unspecified atom stereocenters. The van der Waals surface area contributed by atoms with E-state index in [1.165, 1.54) is 38.1 Å². The van der Waals surface area contributed by atoms with Crippen LogP contribution in [-0.4, -0.2) is 32.0 Å². The first kappa shape index (κ1) is 41.5. The van der Waals surface area contributed by atoms with Crippen molar-refractivity contribution in [3.8, 4) is 22.3 Å². The van der Waals surface area contributed by atoms with Crippen molar-refractivity contribution in [2.24, 2.45) is 20.5 Å². The number of fused-ring (bicyclic) bond motifs is 2. The summed E-state index contributed by atoms with van der Waals surface area (Å²) < 4.78 is 0. The molecule has 0 atom stereocenters. The van der Waals surface area contributed by atoms with Crippen molar-refractivity contribution in [1.29, 1.82) is 0 Å². The zero-order chi connectivity index (χ0) is 39.1. The number of aromatic amines is 2. The van der Waals surface area contributed by atoms with Crippen LogP contribution in [0.1, 0.15) is 13.8 Å². The van der Waals surface area contributed by atoms with Gasteiger partial charge in [-0.25, -0.2) is 0 Å². The van der Waals surface area contributed by atoms with E-state index >= 15 is 0 Å². The minimum absolute atomic E-state index is 0. The molecule has 55 heavy (non-hydrogen) atoms. The van der Waals surface area contributed by atoms with E-state index in [-0.39, 0.29) is 53.6 Å². The monoisotopic (exact) mass is 946 g/mol. The maximum atomic E-state index is 12.1. The number of nitrogens with zero attached hydrogens (tertiary/aromatic N) is 4. The van der Waals surface area contributed by atoms with Gasteiger partial charge in [0.05, 0.1) is 21.1 Å². The number of pyridine rings is 2. The van der Waals surface area contributed by atoms with Crippen LogP contribution in [0.3, 0.4) is 0 Å². The number of benzene rings is 4. The summed E-state index contributed by atoms with van der Waals surface area (Å²) in [5.74, 6) is -3.18. The molecular weight excluding hydrogens is 919 g/mol. The second-order valence-corrected chi connectivity index (χ2v) is 12.3. The Kier molecular flexibility index (Phi) is 13.8. The molecule has 0 radical (unpaired) electrons. The molecule has 17 heteroatoms. The molecule has 0 aliphatic rings. The Balaban J connectivity index is 0.000000240. The van der Waals surface area contributed by atoms with E-state index in [9.17, 15) is 29.4 Å². The number of amides is 2. The normalized spacial score (nSPS) is 12.1. The number of H-pyrrole nitrogens is 2. The van der Waals surface area contributed by atoms with E-state index in [4.69, 9.17) is 34.7 Å². The number of halogens is 2. The Bertz CT molecular complexity index is 2490. The number of carbonyl (C=O) groups is 2. The van der Waals surface area contributed by atoms with E-state index in [0.717, 1.165) is 21.9 Å². The Morgan fingerprint density at radius 2 is 0.945 bits per heavy atom. The predicted molar refractivity (Wildman–Crippen MR) is 208 cm³/mol. The SMILES string of the molecule is C/C(O)=C(\N=Nc1cc2[nH]c(=O)cc(-c3ccccc3)c2cc1Cl)C([NH-])=O.C/C(O)=C(\N=Nc1cc2[nH]c(=O)cc(-c3ccccc3)c2cc1Cl)C([NH-])=O.[W+2]. The number of nitrogens with one attached hydrogen (secondary N) is 4.